The molecule has 9 heteroatoms. The van der Waals surface area contributed by atoms with E-state index >= 15 is 0 Å². The first kappa shape index (κ1) is 23.7. The van der Waals surface area contributed by atoms with E-state index in [1.54, 1.807) is 11.1 Å². The number of rotatable bonds is 4. The maximum atomic E-state index is 12.6. The van der Waals surface area contributed by atoms with E-state index in [4.69, 9.17) is 14.7 Å². The highest BCUT2D eigenvalue weighted by Gasteiger charge is 2.28. The Morgan fingerprint density at radius 3 is 2.78 bits per heavy atom. The summed E-state index contributed by atoms with van der Waals surface area (Å²) in [7, 11) is 0. The second-order valence-corrected chi connectivity index (χ2v) is 10.1. The van der Waals surface area contributed by atoms with Crippen molar-refractivity contribution in [3.63, 3.8) is 0 Å². The zero-order valence-corrected chi connectivity index (χ0v) is 21.1. The Labute approximate surface area is 210 Å². The van der Waals surface area contributed by atoms with Crippen LogP contribution in [0.2, 0.25) is 0 Å². The predicted octanol–water partition coefficient (Wildman–Crippen LogP) is 4.97. The minimum absolute atomic E-state index is 0.0434. The van der Waals surface area contributed by atoms with Gasteiger partial charge in [-0.1, -0.05) is 6.07 Å². The zero-order valence-electron chi connectivity index (χ0n) is 21.1. The first-order valence-corrected chi connectivity index (χ1v) is 12.2. The Bertz CT molecular complexity index is 1380. The van der Waals surface area contributed by atoms with Crippen LogP contribution >= 0.6 is 0 Å². The molecule has 5 rings (SSSR count). The number of nitrogens with zero attached hydrogens (tertiary/aromatic N) is 6. The highest BCUT2D eigenvalue weighted by Crippen LogP contribution is 2.28. The molecular formula is C27H31N7O2. The molecule has 1 aliphatic rings. The number of ether oxygens (including phenoxy) is 1. The molecule has 1 fully saturated rings. The minimum atomic E-state index is -0.523. The molecule has 1 amide bonds. The van der Waals surface area contributed by atoms with Crippen molar-refractivity contribution in [3.8, 4) is 22.6 Å². The Balaban J connectivity index is 1.46. The van der Waals surface area contributed by atoms with E-state index in [0.29, 0.717) is 24.7 Å². The van der Waals surface area contributed by atoms with Gasteiger partial charge in [-0.15, -0.1) is 0 Å². The molecule has 5 heterocycles. The van der Waals surface area contributed by atoms with E-state index in [-0.39, 0.29) is 12.1 Å². The maximum absolute atomic E-state index is 12.6. The summed E-state index contributed by atoms with van der Waals surface area (Å²) in [6.07, 6.45) is 7.05. The average Bonchev–Trinajstić information content (AvgIpc) is 3.28. The number of pyridine rings is 2. The van der Waals surface area contributed by atoms with Crippen molar-refractivity contribution in [2.45, 2.75) is 52.2 Å². The van der Waals surface area contributed by atoms with Crippen LogP contribution in [0, 0.1) is 6.92 Å². The summed E-state index contributed by atoms with van der Waals surface area (Å²) in [5.41, 5.74) is 3.87. The Morgan fingerprint density at radius 1 is 1.14 bits per heavy atom. The lowest BCUT2D eigenvalue weighted by Crippen LogP contribution is -2.47. The number of likely N-dealkylation sites (tertiary alicyclic amines) is 1. The van der Waals surface area contributed by atoms with Gasteiger partial charge in [-0.25, -0.2) is 19.3 Å². The van der Waals surface area contributed by atoms with Gasteiger partial charge in [0.2, 0.25) is 0 Å². The minimum Gasteiger partial charge on any atom is -0.444 e. The lowest BCUT2D eigenvalue weighted by atomic mass is 10.1. The van der Waals surface area contributed by atoms with Crippen molar-refractivity contribution in [3.05, 3.63) is 60.7 Å². The molecule has 9 nitrogen and oxygen atoms in total. The van der Waals surface area contributed by atoms with Crippen LogP contribution in [0.3, 0.4) is 0 Å². The Kier molecular flexibility index (Phi) is 6.30. The number of hydrogen-bond donors (Lipinski definition) is 1. The summed E-state index contributed by atoms with van der Waals surface area (Å²) in [5, 5.41) is 8.01. The molecule has 1 aliphatic heterocycles. The molecule has 36 heavy (non-hydrogen) atoms. The maximum Gasteiger partial charge on any atom is 0.410 e. The van der Waals surface area contributed by atoms with Crippen LogP contribution in [-0.2, 0) is 4.74 Å². The number of piperidine rings is 1. The van der Waals surface area contributed by atoms with Crippen molar-refractivity contribution in [1.82, 2.24) is 29.5 Å². The van der Waals surface area contributed by atoms with Gasteiger partial charge >= 0.3 is 6.09 Å². The lowest BCUT2D eigenvalue weighted by Gasteiger charge is -2.34. The number of anilines is 1. The number of aromatic nitrogens is 5. The van der Waals surface area contributed by atoms with E-state index in [2.05, 4.69) is 15.4 Å². The monoisotopic (exact) mass is 485 g/mol. The van der Waals surface area contributed by atoms with Gasteiger partial charge in [-0.3, -0.25) is 4.98 Å². The van der Waals surface area contributed by atoms with Crippen LogP contribution in [0.5, 0.6) is 0 Å². The number of carbonyl (C=O) groups is 1. The second-order valence-electron chi connectivity index (χ2n) is 10.1. The first-order chi connectivity index (χ1) is 17.2. The molecular weight excluding hydrogens is 454 g/mol. The summed E-state index contributed by atoms with van der Waals surface area (Å²) >= 11 is 0. The Hall–Kier alpha value is -4.01. The van der Waals surface area contributed by atoms with Gasteiger partial charge in [-0.2, -0.15) is 5.10 Å². The molecule has 0 saturated carbocycles. The molecule has 1 atom stereocenters. The van der Waals surface area contributed by atoms with Gasteiger partial charge < -0.3 is 15.0 Å². The van der Waals surface area contributed by atoms with E-state index < -0.39 is 5.60 Å². The molecule has 0 unspecified atom stereocenters. The van der Waals surface area contributed by atoms with Crippen LogP contribution in [-0.4, -0.2) is 60.3 Å². The zero-order chi connectivity index (χ0) is 25.3. The van der Waals surface area contributed by atoms with Gasteiger partial charge in [0.25, 0.3) is 0 Å². The number of aryl methyl sites for hydroxylation is 1. The third-order valence-electron chi connectivity index (χ3n) is 6.03. The number of carbonyl (C=O) groups excluding carboxylic acids is 1. The van der Waals surface area contributed by atoms with Gasteiger partial charge in [0, 0.05) is 48.8 Å². The van der Waals surface area contributed by atoms with Crippen LogP contribution < -0.4 is 5.32 Å². The molecule has 1 saturated heterocycles. The normalized spacial score (nSPS) is 16.2. The molecule has 1 N–H and O–H groups in total. The van der Waals surface area contributed by atoms with Crippen molar-refractivity contribution >= 4 is 17.4 Å². The van der Waals surface area contributed by atoms with Gasteiger partial charge in [0.1, 0.15) is 11.4 Å². The summed E-state index contributed by atoms with van der Waals surface area (Å²) in [5.74, 6) is 1.28. The number of amides is 1. The van der Waals surface area contributed by atoms with Crippen LogP contribution in [0.1, 0.15) is 39.3 Å². The predicted molar refractivity (Wildman–Crippen MR) is 139 cm³/mol. The van der Waals surface area contributed by atoms with E-state index in [1.165, 1.54) is 0 Å². The fourth-order valence-electron chi connectivity index (χ4n) is 4.31. The van der Waals surface area contributed by atoms with Gasteiger partial charge in [0.05, 0.1) is 23.0 Å². The topological polar surface area (TPSA) is 97.5 Å². The molecule has 0 aliphatic carbocycles. The summed E-state index contributed by atoms with van der Waals surface area (Å²) in [6.45, 7) is 8.84. The Morgan fingerprint density at radius 2 is 2.00 bits per heavy atom. The van der Waals surface area contributed by atoms with Crippen molar-refractivity contribution in [1.29, 1.82) is 0 Å². The highest BCUT2D eigenvalue weighted by atomic mass is 16.6. The van der Waals surface area contributed by atoms with E-state index in [0.717, 1.165) is 40.9 Å². The third kappa shape index (κ3) is 5.30. The summed E-state index contributed by atoms with van der Waals surface area (Å²) in [6, 6.07) is 11.9. The van der Waals surface area contributed by atoms with Gasteiger partial charge in [-0.05, 0) is 64.8 Å². The molecule has 0 spiro atoms. The number of hydrogen-bond acceptors (Lipinski definition) is 7. The summed E-state index contributed by atoms with van der Waals surface area (Å²) < 4.78 is 7.40. The van der Waals surface area contributed by atoms with E-state index in [9.17, 15) is 4.79 Å². The third-order valence-corrected chi connectivity index (χ3v) is 6.03. The van der Waals surface area contributed by atoms with Crippen LogP contribution in [0.4, 0.5) is 10.6 Å². The average molecular weight is 486 g/mol. The molecule has 0 aromatic carbocycles. The fourth-order valence-corrected chi connectivity index (χ4v) is 4.31. The molecule has 4 aromatic rings. The molecule has 186 valence electrons. The van der Waals surface area contributed by atoms with Crippen molar-refractivity contribution in [2.75, 3.05) is 18.4 Å². The smallest absolute Gasteiger partial charge is 0.410 e. The fraction of sp³-hybridized carbons (Fsp3) is 0.370. The molecule has 0 radical (unpaired) electrons. The van der Waals surface area contributed by atoms with E-state index in [1.807, 2.05) is 81.0 Å². The highest BCUT2D eigenvalue weighted by molar-refractivity contribution is 5.78. The van der Waals surface area contributed by atoms with Crippen LogP contribution in [0.25, 0.3) is 28.2 Å². The van der Waals surface area contributed by atoms with Crippen molar-refractivity contribution in [2.24, 2.45) is 0 Å². The SMILES string of the molecule is Cc1ccc(-c2cc(N[C@@H]3CCCN(C(=O)OC(C)(C)C)C3)nc(-c3cnn4ccccc34)n2)cn1. The largest absolute Gasteiger partial charge is 0.444 e. The van der Waals surface area contributed by atoms with Crippen molar-refractivity contribution < 1.29 is 9.53 Å². The first-order valence-electron chi connectivity index (χ1n) is 12.2. The number of nitrogens with one attached hydrogen (secondary N) is 1. The number of fused-ring (bicyclic) bond motifs is 1. The van der Waals surface area contributed by atoms with Gasteiger partial charge in [0.15, 0.2) is 5.82 Å². The lowest BCUT2D eigenvalue weighted by molar-refractivity contribution is 0.0206. The molecule has 0 bridgehead atoms. The quantitative estimate of drug-likeness (QED) is 0.436. The van der Waals surface area contributed by atoms with Crippen LogP contribution in [0.15, 0.2) is 55.0 Å². The standard InChI is InChI=1S/C27H31N7O2/c1-18-10-11-19(15-28-18)22-14-24(30-20-8-7-12-33(17-20)26(35)36-27(2,3)4)32-25(31-22)21-16-29-34-13-6-5-9-23(21)34/h5-6,9-11,13-16,20H,7-8,12,17H2,1-4H3,(H,30,31,32)/t20-/m1/s1. The summed E-state index contributed by atoms with van der Waals surface area (Å²) in [4.78, 5) is 28.6. The second kappa shape index (κ2) is 9.56. The molecule has 4 aromatic heterocycles.